The lowest BCUT2D eigenvalue weighted by Gasteiger charge is -2.35. The van der Waals surface area contributed by atoms with Gasteiger partial charge in [0.15, 0.2) is 0 Å². The van der Waals surface area contributed by atoms with Crippen LogP contribution in [0.25, 0.3) is 0 Å². The van der Waals surface area contributed by atoms with Crippen molar-refractivity contribution in [2.45, 2.75) is 77.5 Å². The Morgan fingerprint density at radius 3 is 2.44 bits per heavy atom. The number of rotatable bonds is 5. The van der Waals surface area contributed by atoms with E-state index in [1.807, 2.05) is 0 Å². The molecular formula is C22H33N3O2. The van der Waals surface area contributed by atoms with Gasteiger partial charge in [0.25, 0.3) is 0 Å². The predicted octanol–water partition coefficient (Wildman–Crippen LogP) is 2.59. The first-order chi connectivity index (χ1) is 12.6. The number of fused-ring (bicyclic) bond motifs is 1. The van der Waals surface area contributed by atoms with Crippen LogP contribution in [0.5, 0.6) is 0 Å². The molecule has 2 fully saturated rings. The molecule has 1 aromatic rings. The maximum atomic E-state index is 12.7. The number of nitrogens with zero attached hydrogens (tertiary/aromatic N) is 1. The van der Waals surface area contributed by atoms with Crippen molar-refractivity contribution < 1.29 is 9.59 Å². The lowest BCUT2D eigenvalue weighted by atomic mass is 9.87. The van der Waals surface area contributed by atoms with Crippen LogP contribution in [0.2, 0.25) is 0 Å². The first-order valence-corrected chi connectivity index (χ1v) is 10.1. The van der Waals surface area contributed by atoms with Crippen LogP contribution < -0.4 is 10.6 Å². The van der Waals surface area contributed by atoms with Crippen LogP contribution in [0.15, 0.2) is 24.3 Å². The van der Waals surface area contributed by atoms with Crippen molar-refractivity contribution >= 4 is 11.8 Å². The smallest absolute Gasteiger partial charge is 0.245 e. The monoisotopic (exact) mass is 371 g/mol. The number of piperazine rings is 1. The van der Waals surface area contributed by atoms with E-state index in [4.69, 9.17) is 0 Å². The van der Waals surface area contributed by atoms with Crippen LogP contribution in [0.3, 0.4) is 0 Å². The molecule has 1 aromatic carbocycles. The second kappa shape index (κ2) is 7.63. The standard InChI is InChI=1S/C22H33N3O2/c1-14(2)10-18-21(27)25-13-17(11-19(25)20(26)24-18)23-12-15-6-8-16(9-7-15)22(3,4)5/h6-9,14,17-19,23H,10-13H2,1-5H3,(H,24,26)/t17-,18-,19-/m0/s1. The summed E-state index contributed by atoms with van der Waals surface area (Å²) in [4.78, 5) is 26.9. The Labute approximate surface area is 162 Å². The Kier molecular flexibility index (Phi) is 5.61. The third-order valence-electron chi connectivity index (χ3n) is 5.62. The zero-order chi connectivity index (χ0) is 19.8. The van der Waals surface area contributed by atoms with Crippen molar-refractivity contribution in [2.24, 2.45) is 5.92 Å². The minimum atomic E-state index is -0.363. The van der Waals surface area contributed by atoms with Crippen LogP contribution in [-0.4, -0.2) is 41.4 Å². The Morgan fingerprint density at radius 1 is 1.19 bits per heavy atom. The van der Waals surface area contributed by atoms with Gasteiger partial charge in [0, 0.05) is 19.1 Å². The van der Waals surface area contributed by atoms with Crippen LogP contribution in [0, 0.1) is 5.92 Å². The van der Waals surface area contributed by atoms with Crippen molar-refractivity contribution in [2.75, 3.05) is 6.54 Å². The predicted molar refractivity (Wildman–Crippen MR) is 107 cm³/mol. The highest BCUT2D eigenvalue weighted by Gasteiger charge is 2.46. The average molecular weight is 372 g/mol. The molecule has 3 rings (SSSR count). The van der Waals surface area contributed by atoms with E-state index in [2.05, 4.69) is 69.5 Å². The molecule has 2 N–H and O–H groups in total. The van der Waals surface area contributed by atoms with Crippen molar-refractivity contribution in [3.8, 4) is 0 Å². The van der Waals surface area contributed by atoms with Gasteiger partial charge in [-0.1, -0.05) is 58.9 Å². The Bertz CT molecular complexity index is 691. The SMILES string of the molecule is CC(C)C[C@@H]1NC(=O)[C@@H]2C[C@H](NCc3ccc(C(C)(C)C)cc3)CN2C1=O. The molecule has 2 aliphatic heterocycles. The average Bonchev–Trinajstić information content (AvgIpc) is 3.02. The molecule has 2 saturated heterocycles. The van der Waals surface area contributed by atoms with Crippen molar-refractivity contribution in [3.05, 3.63) is 35.4 Å². The van der Waals surface area contributed by atoms with Gasteiger partial charge in [0.05, 0.1) is 0 Å². The normalized spacial score (nSPS) is 25.7. The number of carbonyl (C=O) groups is 2. The van der Waals surface area contributed by atoms with Gasteiger partial charge < -0.3 is 15.5 Å². The minimum Gasteiger partial charge on any atom is -0.342 e. The van der Waals surface area contributed by atoms with E-state index in [9.17, 15) is 9.59 Å². The molecule has 0 saturated carbocycles. The molecule has 148 valence electrons. The van der Waals surface area contributed by atoms with Gasteiger partial charge in [-0.3, -0.25) is 9.59 Å². The largest absolute Gasteiger partial charge is 0.342 e. The summed E-state index contributed by atoms with van der Waals surface area (Å²) in [5.41, 5.74) is 2.70. The third kappa shape index (κ3) is 4.52. The molecule has 0 radical (unpaired) electrons. The van der Waals surface area contributed by atoms with Gasteiger partial charge in [0.1, 0.15) is 12.1 Å². The molecule has 0 aliphatic carbocycles. The molecule has 2 aliphatic rings. The molecule has 2 heterocycles. The summed E-state index contributed by atoms with van der Waals surface area (Å²) in [6.45, 7) is 12.2. The Morgan fingerprint density at radius 2 is 1.85 bits per heavy atom. The van der Waals surface area contributed by atoms with Gasteiger partial charge in [-0.05, 0) is 35.3 Å². The highest BCUT2D eigenvalue weighted by Crippen LogP contribution is 2.25. The van der Waals surface area contributed by atoms with Gasteiger partial charge in [-0.2, -0.15) is 0 Å². The molecule has 0 aromatic heterocycles. The highest BCUT2D eigenvalue weighted by atomic mass is 16.2. The van der Waals surface area contributed by atoms with Crippen LogP contribution in [-0.2, 0) is 21.5 Å². The fourth-order valence-electron chi connectivity index (χ4n) is 4.02. The van der Waals surface area contributed by atoms with Gasteiger partial charge in [-0.15, -0.1) is 0 Å². The van der Waals surface area contributed by atoms with Gasteiger partial charge in [0.2, 0.25) is 11.8 Å². The number of carbonyl (C=O) groups excluding carboxylic acids is 2. The number of hydrogen-bond acceptors (Lipinski definition) is 3. The maximum Gasteiger partial charge on any atom is 0.245 e. The van der Waals surface area contributed by atoms with Crippen molar-refractivity contribution in [3.63, 3.8) is 0 Å². The first-order valence-electron chi connectivity index (χ1n) is 10.1. The van der Waals surface area contributed by atoms with Crippen LogP contribution >= 0.6 is 0 Å². The lowest BCUT2D eigenvalue weighted by Crippen LogP contribution is -2.61. The van der Waals surface area contributed by atoms with E-state index >= 15 is 0 Å². The minimum absolute atomic E-state index is 0.000852. The second-order valence-electron chi connectivity index (χ2n) is 9.46. The van der Waals surface area contributed by atoms with Gasteiger partial charge in [-0.25, -0.2) is 0 Å². The number of benzene rings is 1. The molecule has 2 amide bonds. The summed E-state index contributed by atoms with van der Waals surface area (Å²) in [6.07, 6.45) is 1.39. The third-order valence-corrected chi connectivity index (χ3v) is 5.62. The Hall–Kier alpha value is -1.88. The fourth-order valence-corrected chi connectivity index (χ4v) is 4.02. The van der Waals surface area contributed by atoms with E-state index in [-0.39, 0.29) is 35.4 Å². The quantitative estimate of drug-likeness (QED) is 0.836. The topological polar surface area (TPSA) is 61.4 Å². The molecule has 0 unspecified atom stereocenters. The van der Waals surface area contributed by atoms with Crippen LogP contribution in [0.4, 0.5) is 0 Å². The summed E-state index contributed by atoms with van der Waals surface area (Å²) >= 11 is 0. The molecule has 3 atom stereocenters. The van der Waals surface area contributed by atoms with Crippen molar-refractivity contribution in [1.82, 2.24) is 15.5 Å². The summed E-state index contributed by atoms with van der Waals surface area (Å²) in [5, 5.41) is 6.46. The van der Waals surface area contributed by atoms with Crippen molar-refractivity contribution in [1.29, 1.82) is 0 Å². The molecule has 0 bridgehead atoms. The summed E-state index contributed by atoms with van der Waals surface area (Å²) in [6, 6.07) is 8.16. The summed E-state index contributed by atoms with van der Waals surface area (Å²) in [5.74, 6) is 0.453. The maximum absolute atomic E-state index is 12.7. The molecular weight excluding hydrogens is 338 g/mol. The summed E-state index contributed by atoms with van der Waals surface area (Å²) in [7, 11) is 0. The van der Waals surface area contributed by atoms with E-state index in [1.165, 1.54) is 11.1 Å². The zero-order valence-electron chi connectivity index (χ0n) is 17.2. The molecule has 5 heteroatoms. The fraction of sp³-hybridized carbons (Fsp3) is 0.636. The van der Waals surface area contributed by atoms with E-state index in [1.54, 1.807) is 4.90 Å². The number of nitrogens with one attached hydrogen (secondary N) is 2. The summed E-state index contributed by atoms with van der Waals surface area (Å²) < 4.78 is 0. The Balaban J connectivity index is 1.58. The van der Waals surface area contributed by atoms with E-state index < -0.39 is 0 Å². The molecule has 0 spiro atoms. The van der Waals surface area contributed by atoms with E-state index in [0.717, 1.165) is 6.54 Å². The number of hydrogen-bond donors (Lipinski definition) is 2. The molecule has 27 heavy (non-hydrogen) atoms. The van der Waals surface area contributed by atoms with Gasteiger partial charge >= 0.3 is 0 Å². The zero-order valence-corrected chi connectivity index (χ0v) is 17.2. The second-order valence-corrected chi connectivity index (χ2v) is 9.46. The van der Waals surface area contributed by atoms with E-state index in [0.29, 0.717) is 25.3 Å². The number of amides is 2. The first kappa shape index (κ1) is 19.9. The molecule has 5 nitrogen and oxygen atoms in total. The lowest BCUT2D eigenvalue weighted by molar-refractivity contribution is -0.147. The van der Waals surface area contributed by atoms with Crippen LogP contribution in [0.1, 0.15) is 58.6 Å². The highest BCUT2D eigenvalue weighted by molar-refractivity contribution is 5.97.